The third-order valence-electron chi connectivity index (χ3n) is 5.60. The van der Waals surface area contributed by atoms with Crippen LogP contribution in [0.2, 0.25) is 0 Å². The van der Waals surface area contributed by atoms with Gasteiger partial charge >= 0.3 is 0 Å². The van der Waals surface area contributed by atoms with Crippen LogP contribution in [0, 0.1) is 11.8 Å². The highest BCUT2D eigenvalue weighted by atomic mass is 16.2. The summed E-state index contributed by atoms with van der Waals surface area (Å²) in [7, 11) is 0. The normalized spacial score (nSPS) is 18.7. The van der Waals surface area contributed by atoms with E-state index in [1.54, 1.807) is 10.9 Å². The number of benzene rings is 1. The predicted molar refractivity (Wildman–Crippen MR) is 97.4 cm³/mol. The van der Waals surface area contributed by atoms with Crippen molar-refractivity contribution in [2.24, 2.45) is 11.8 Å². The smallest absolute Gasteiger partial charge is 0.261 e. The molecule has 1 saturated heterocycles. The molecule has 1 aliphatic heterocycles. The first kappa shape index (κ1) is 16.3. The van der Waals surface area contributed by atoms with Crippen LogP contribution in [0.25, 0.3) is 10.9 Å². The van der Waals surface area contributed by atoms with E-state index in [0.29, 0.717) is 29.7 Å². The maximum atomic E-state index is 12.8. The van der Waals surface area contributed by atoms with Crippen molar-refractivity contribution in [1.29, 1.82) is 0 Å². The molecule has 25 heavy (non-hydrogen) atoms. The lowest BCUT2D eigenvalue weighted by molar-refractivity contribution is -0.134. The zero-order valence-electron chi connectivity index (χ0n) is 14.8. The van der Waals surface area contributed by atoms with Gasteiger partial charge in [0.15, 0.2) is 0 Å². The minimum Gasteiger partial charge on any atom is -0.342 e. The summed E-state index contributed by atoms with van der Waals surface area (Å²) in [5.74, 6) is 1.08. The number of fused-ring (bicyclic) bond motifs is 1. The molecule has 0 bridgehead atoms. The molecule has 2 aliphatic rings. The third kappa shape index (κ3) is 3.32. The summed E-state index contributed by atoms with van der Waals surface area (Å²) < 4.78 is 1.75. The van der Waals surface area contributed by atoms with Crippen LogP contribution in [-0.4, -0.2) is 33.4 Å². The highest BCUT2D eigenvalue weighted by molar-refractivity contribution is 5.81. The Labute approximate surface area is 147 Å². The second-order valence-electron chi connectivity index (χ2n) is 7.45. The number of carbonyl (C=O) groups excluding carboxylic acids is 1. The van der Waals surface area contributed by atoms with Gasteiger partial charge in [-0.05, 0) is 55.7 Å². The number of hydrogen-bond acceptors (Lipinski definition) is 3. The number of amides is 1. The van der Waals surface area contributed by atoms with Gasteiger partial charge in [-0.25, -0.2) is 4.98 Å². The van der Waals surface area contributed by atoms with E-state index in [9.17, 15) is 9.59 Å². The zero-order chi connectivity index (χ0) is 17.4. The summed E-state index contributed by atoms with van der Waals surface area (Å²) in [5, 5.41) is 0.711. The van der Waals surface area contributed by atoms with Crippen molar-refractivity contribution in [2.75, 3.05) is 13.1 Å². The Balaban J connectivity index is 1.47. The molecule has 0 atom stereocenters. The quantitative estimate of drug-likeness (QED) is 0.860. The molecule has 0 radical (unpaired) electrons. The number of hydrogen-bond donors (Lipinski definition) is 0. The summed E-state index contributed by atoms with van der Waals surface area (Å²) in [5.41, 5.74) is 1.98. The van der Waals surface area contributed by atoms with Gasteiger partial charge in [0.05, 0.1) is 17.2 Å². The van der Waals surface area contributed by atoms with Gasteiger partial charge in [0.1, 0.15) is 0 Å². The Hall–Kier alpha value is -2.17. The first-order chi connectivity index (χ1) is 12.2. The van der Waals surface area contributed by atoms with E-state index < -0.39 is 0 Å². The van der Waals surface area contributed by atoms with Gasteiger partial charge in [-0.2, -0.15) is 0 Å². The molecule has 2 aromatic rings. The number of likely N-dealkylation sites (tertiary alicyclic amines) is 1. The fourth-order valence-corrected chi connectivity index (χ4v) is 3.76. The Bertz CT molecular complexity index is 846. The van der Waals surface area contributed by atoms with Crippen molar-refractivity contribution in [1.82, 2.24) is 14.5 Å². The van der Waals surface area contributed by atoms with Gasteiger partial charge in [-0.3, -0.25) is 14.2 Å². The van der Waals surface area contributed by atoms with Crippen LogP contribution in [0.3, 0.4) is 0 Å². The maximum Gasteiger partial charge on any atom is 0.261 e. The van der Waals surface area contributed by atoms with E-state index in [4.69, 9.17) is 0 Å². The first-order valence-corrected chi connectivity index (χ1v) is 9.42. The topological polar surface area (TPSA) is 55.2 Å². The monoisotopic (exact) mass is 339 g/mol. The van der Waals surface area contributed by atoms with Crippen molar-refractivity contribution < 1.29 is 4.79 Å². The molecule has 1 saturated carbocycles. The van der Waals surface area contributed by atoms with Crippen LogP contribution >= 0.6 is 0 Å². The second-order valence-corrected chi connectivity index (χ2v) is 7.45. The SMILES string of the molecule is CCc1ccc2ncn(CC3CCN(C(=O)C4CC4)CC3)c(=O)c2c1. The van der Waals surface area contributed by atoms with Gasteiger partial charge in [-0.15, -0.1) is 0 Å². The Morgan fingerprint density at radius 2 is 1.96 bits per heavy atom. The lowest BCUT2D eigenvalue weighted by Crippen LogP contribution is -2.40. The van der Waals surface area contributed by atoms with Gasteiger partial charge in [0.25, 0.3) is 5.56 Å². The molecule has 0 unspecified atom stereocenters. The van der Waals surface area contributed by atoms with Gasteiger partial charge in [-0.1, -0.05) is 13.0 Å². The largest absolute Gasteiger partial charge is 0.342 e. The minimum absolute atomic E-state index is 0.0526. The van der Waals surface area contributed by atoms with E-state index in [0.717, 1.165) is 56.3 Å². The van der Waals surface area contributed by atoms with E-state index in [1.807, 2.05) is 23.1 Å². The number of rotatable bonds is 4. The summed E-state index contributed by atoms with van der Waals surface area (Å²) in [6, 6.07) is 5.94. The van der Waals surface area contributed by atoms with Crippen LogP contribution in [-0.2, 0) is 17.8 Å². The molecule has 5 nitrogen and oxygen atoms in total. The average Bonchev–Trinajstić information content (AvgIpc) is 3.49. The Morgan fingerprint density at radius 3 is 2.64 bits per heavy atom. The van der Waals surface area contributed by atoms with Crippen molar-refractivity contribution in [3.63, 3.8) is 0 Å². The Kier molecular flexibility index (Phi) is 4.32. The van der Waals surface area contributed by atoms with Crippen molar-refractivity contribution in [3.05, 3.63) is 40.4 Å². The van der Waals surface area contributed by atoms with Crippen LogP contribution < -0.4 is 5.56 Å². The Morgan fingerprint density at radius 1 is 1.20 bits per heavy atom. The molecule has 132 valence electrons. The van der Waals surface area contributed by atoms with Crippen LogP contribution in [0.4, 0.5) is 0 Å². The molecule has 0 N–H and O–H groups in total. The van der Waals surface area contributed by atoms with Crippen LogP contribution in [0.1, 0.15) is 38.2 Å². The molecule has 1 aromatic carbocycles. The van der Waals surface area contributed by atoms with E-state index in [1.165, 1.54) is 0 Å². The molecule has 0 spiro atoms. The molecule has 1 aliphatic carbocycles. The molecule has 4 rings (SSSR count). The first-order valence-electron chi connectivity index (χ1n) is 9.42. The third-order valence-corrected chi connectivity index (χ3v) is 5.60. The van der Waals surface area contributed by atoms with E-state index >= 15 is 0 Å². The van der Waals surface area contributed by atoms with Gasteiger partial charge in [0, 0.05) is 25.6 Å². The van der Waals surface area contributed by atoms with Gasteiger partial charge in [0.2, 0.25) is 5.91 Å². The summed E-state index contributed by atoms with van der Waals surface area (Å²) >= 11 is 0. The predicted octanol–water partition coefficient (Wildman–Crippen LogP) is 2.61. The molecular formula is C20H25N3O2. The number of nitrogens with zero attached hydrogens (tertiary/aromatic N) is 3. The summed E-state index contributed by atoms with van der Waals surface area (Å²) in [4.78, 5) is 31.4. The highest BCUT2D eigenvalue weighted by Gasteiger charge is 2.34. The van der Waals surface area contributed by atoms with E-state index in [-0.39, 0.29) is 5.56 Å². The van der Waals surface area contributed by atoms with Crippen LogP contribution in [0.5, 0.6) is 0 Å². The fraction of sp³-hybridized carbons (Fsp3) is 0.550. The number of aryl methyl sites for hydroxylation is 1. The molecule has 5 heteroatoms. The standard InChI is InChI=1S/C20H25N3O2/c1-2-14-3-6-18-17(11-14)20(25)23(13-21-18)12-15-7-9-22(10-8-15)19(24)16-4-5-16/h3,6,11,13,15-16H,2,4-5,7-10,12H2,1H3. The number of aromatic nitrogens is 2. The van der Waals surface area contributed by atoms with Gasteiger partial charge < -0.3 is 4.90 Å². The molecular weight excluding hydrogens is 314 g/mol. The molecule has 2 heterocycles. The molecule has 2 fully saturated rings. The zero-order valence-corrected chi connectivity index (χ0v) is 14.8. The van der Waals surface area contributed by atoms with Crippen molar-refractivity contribution >= 4 is 16.8 Å². The fourth-order valence-electron chi connectivity index (χ4n) is 3.76. The number of carbonyl (C=O) groups is 1. The lowest BCUT2D eigenvalue weighted by Gasteiger charge is -2.32. The minimum atomic E-state index is 0.0526. The highest BCUT2D eigenvalue weighted by Crippen LogP contribution is 2.32. The van der Waals surface area contributed by atoms with Crippen molar-refractivity contribution in [2.45, 2.75) is 45.6 Å². The second kappa shape index (κ2) is 6.62. The van der Waals surface area contributed by atoms with E-state index in [2.05, 4.69) is 11.9 Å². The number of piperidine rings is 1. The average molecular weight is 339 g/mol. The maximum absolute atomic E-state index is 12.8. The lowest BCUT2D eigenvalue weighted by atomic mass is 9.96. The van der Waals surface area contributed by atoms with Crippen molar-refractivity contribution in [3.8, 4) is 0 Å². The molecule has 1 amide bonds. The summed E-state index contributed by atoms with van der Waals surface area (Å²) in [6.45, 7) is 4.45. The molecule has 1 aromatic heterocycles. The van der Waals surface area contributed by atoms with Crippen LogP contribution in [0.15, 0.2) is 29.3 Å². The summed E-state index contributed by atoms with van der Waals surface area (Å²) in [6.07, 6.45) is 6.67.